The van der Waals surface area contributed by atoms with Crippen LogP contribution in [0.5, 0.6) is 5.75 Å². The highest BCUT2D eigenvalue weighted by Crippen LogP contribution is 2.34. The number of benzene rings is 4. The lowest BCUT2D eigenvalue weighted by molar-refractivity contribution is 0.184. The van der Waals surface area contributed by atoms with Crippen molar-refractivity contribution in [3.8, 4) is 5.75 Å². The van der Waals surface area contributed by atoms with E-state index in [1.54, 1.807) is 6.07 Å². The summed E-state index contributed by atoms with van der Waals surface area (Å²) in [4.78, 5) is 0. The maximum Gasteiger partial charge on any atom is 0.126 e. The third-order valence-corrected chi connectivity index (χ3v) is 5.40. The van der Waals surface area contributed by atoms with Gasteiger partial charge in [0.05, 0.1) is 0 Å². The number of fused-ring (bicyclic) bond motifs is 5. The molecule has 0 spiro atoms. The van der Waals surface area contributed by atoms with Crippen LogP contribution in [0.15, 0.2) is 72.8 Å². The van der Waals surface area contributed by atoms with Gasteiger partial charge in [-0.25, -0.2) is 4.39 Å². The van der Waals surface area contributed by atoms with Crippen LogP contribution in [0.2, 0.25) is 0 Å². The minimum absolute atomic E-state index is 0.0993. The average Bonchev–Trinajstić information content (AvgIpc) is 2.67. The van der Waals surface area contributed by atoms with Gasteiger partial charge < -0.3 is 4.74 Å². The Morgan fingerprint density at radius 2 is 1.69 bits per heavy atom. The zero-order valence-corrected chi connectivity index (χ0v) is 14.4. The minimum Gasteiger partial charge on any atom is -0.490 e. The van der Waals surface area contributed by atoms with Gasteiger partial charge in [0.15, 0.2) is 0 Å². The third kappa shape index (κ3) is 2.62. The molecular formula is C24H19FO. The first-order valence-electron chi connectivity index (χ1n) is 9.12. The molecule has 2 heteroatoms. The van der Waals surface area contributed by atoms with Gasteiger partial charge in [0.2, 0.25) is 0 Å². The monoisotopic (exact) mass is 342 g/mol. The Labute approximate surface area is 152 Å². The van der Waals surface area contributed by atoms with Crippen LogP contribution < -0.4 is 4.74 Å². The van der Waals surface area contributed by atoms with Crippen LogP contribution in [0.1, 0.15) is 17.5 Å². The van der Waals surface area contributed by atoms with Gasteiger partial charge in [0, 0.05) is 12.5 Å². The van der Waals surface area contributed by atoms with E-state index in [0.717, 1.165) is 19.3 Å². The Bertz CT molecular complexity index is 1120. The van der Waals surface area contributed by atoms with Crippen LogP contribution in [-0.4, -0.2) is 6.10 Å². The Hall–Kier alpha value is -2.87. The van der Waals surface area contributed by atoms with Crippen LogP contribution in [0, 0.1) is 5.82 Å². The molecule has 5 rings (SSSR count). The Balaban J connectivity index is 1.50. The van der Waals surface area contributed by atoms with Crippen molar-refractivity contribution in [2.75, 3.05) is 0 Å². The van der Waals surface area contributed by atoms with E-state index in [-0.39, 0.29) is 11.9 Å². The molecule has 0 aromatic heterocycles. The highest BCUT2D eigenvalue weighted by Gasteiger charge is 2.22. The molecule has 1 unspecified atom stereocenters. The number of aryl methyl sites for hydroxylation is 1. The molecule has 4 aromatic carbocycles. The quantitative estimate of drug-likeness (QED) is 0.402. The Morgan fingerprint density at radius 1 is 0.808 bits per heavy atom. The molecule has 0 radical (unpaired) electrons. The van der Waals surface area contributed by atoms with Crippen molar-refractivity contribution >= 4 is 21.5 Å². The van der Waals surface area contributed by atoms with Crippen LogP contribution in [0.3, 0.4) is 0 Å². The number of hydrogen-bond acceptors (Lipinski definition) is 1. The molecule has 1 atom stereocenters. The summed E-state index contributed by atoms with van der Waals surface area (Å²) in [5.41, 5.74) is 2.78. The molecule has 4 aromatic rings. The summed E-state index contributed by atoms with van der Waals surface area (Å²) in [5.74, 6) is 0.363. The predicted octanol–water partition coefficient (Wildman–Crippen LogP) is 6.07. The van der Waals surface area contributed by atoms with E-state index < -0.39 is 0 Å². The summed E-state index contributed by atoms with van der Waals surface area (Å²) in [5, 5.41) is 5.27. The molecule has 1 aliphatic rings. The second kappa shape index (κ2) is 6.14. The second-order valence-corrected chi connectivity index (χ2v) is 7.03. The summed E-state index contributed by atoms with van der Waals surface area (Å²) >= 11 is 0. The molecule has 0 fully saturated rings. The lowest BCUT2D eigenvalue weighted by Gasteiger charge is -2.27. The van der Waals surface area contributed by atoms with Gasteiger partial charge >= 0.3 is 0 Å². The molecule has 0 heterocycles. The fourth-order valence-electron chi connectivity index (χ4n) is 4.17. The summed E-state index contributed by atoms with van der Waals surface area (Å²) in [6.45, 7) is 0. The van der Waals surface area contributed by atoms with Crippen LogP contribution in [-0.2, 0) is 12.8 Å². The summed E-state index contributed by atoms with van der Waals surface area (Å²) in [6.07, 6.45) is 2.91. The molecule has 128 valence electrons. The number of hydrogen-bond donors (Lipinski definition) is 0. The van der Waals surface area contributed by atoms with Crippen molar-refractivity contribution in [2.24, 2.45) is 0 Å². The zero-order valence-electron chi connectivity index (χ0n) is 14.4. The maximum atomic E-state index is 13.4. The first-order chi connectivity index (χ1) is 12.8. The molecule has 0 aliphatic heterocycles. The van der Waals surface area contributed by atoms with Crippen molar-refractivity contribution in [2.45, 2.75) is 25.4 Å². The minimum atomic E-state index is -0.253. The van der Waals surface area contributed by atoms with E-state index >= 15 is 0 Å². The van der Waals surface area contributed by atoms with Gasteiger partial charge in [0.1, 0.15) is 17.7 Å². The molecular weight excluding hydrogens is 323 g/mol. The van der Waals surface area contributed by atoms with Gasteiger partial charge in [-0.15, -0.1) is 0 Å². The van der Waals surface area contributed by atoms with E-state index in [1.807, 2.05) is 6.07 Å². The van der Waals surface area contributed by atoms with Crippen molar-refractivity contribution in [3.05, 3.63) is 89.7 Å². The molecule has 0 saturated heterocycles. The number of rotatable bonds is 2. The fourth-order valence-corrected chi connectivity index (χ4v) is 4.17. The van der Waals surface area contributed by atoms with Crippen LogP contribution in [0.4, 0.5) is 4.39 Å². The second-order valence-electron chi connectivity index (χ2n) is 7.03. The van der Waals surface area contributed by atoms with E-state index in [9.17, 15) is 4.39 Å². The van der Waals surface area contributed by atoms with Gasteiger partial charge in [-0.05, 0) is 57.6 Å². The first kappa shape index (κ1) is 15.4. The van der Waals surface area contributed by atoms with Crippen LogP contribution >= 0.6 is 0 Å². The average molecular weight is 342 g/mol. The summed E-state index contributed by atoms with van der Waals surface area (Å²) in [6, 6.07) is 23.9. The summed E-state index contributed by atoms with van der Waals surface area (Å²) in [7, 11) is 0. The van der Waals surface area contributed by atoms with E-state index in [0.29, 0.717) is 5.75 Å². The lowest BCUT2D eigenvalue weighted by atomic mass is 9.85. The van der Waals surface area contributed by atoms with Gasteiger partial charge in [0.25, 0.3) is 0 Å². The van der Waals surface area contributed by atoms with Crippen molar-refractivity contribution in [1.82, 2.24) is 0 Å². The molecule has 0 N–H and O–H groups in total. The van der Waals surface area contributed by atoms with E-state index in [1.165, 1.54) is 44.8 Å². The molecule has 0 saturated carbocycles. The van der Waals surface area contributed by atoms with Crippen molar-refractivity contribution in [3.63, 3.8) is 0 Å². The predicted molar refractivity (Wildman–Crippen MR) is 104 cm³/mol. The highest BCUT2D eigenvalue weighted by molar-refractivity contribution is 6.08. The molecule has 0 bridgehead atoms. The number of halogens is 1. The molecule has 0 amide bonds. The molecule has 1 nitrogen and oxygen atoms in total. The fraction of sp³-hybridized carbons (Fsp3) is 0.167. The molecule has 26 heavy (non-hydrogen) atoms. The largest absolute Gasteiger partial charge is 0.490 e. The summed E-state index contributed by atoms with van der Waals surface area (Å²) < 4.78 is 19.4. The Morgan fingerprint density at radius 3 is 2.62 bits per heavy atom. The third-order valence-electron chi connectivity index (χ3n) is 5.40. The van der Waals surface area contributed by atoms with Crippen molar-refractivity contribution in [1.29, 1.82) is 0 Å². The smallest absolute Gasteiger partial charge is 0.126 e. The van der Waals surface area contributed by atoms with E-state index in [2.05, 4.69) is 48.5 Å². The molecule has 1 aliphatic carbocycles. The normalized spacial score (nSPS) is 16.6. The topological polar surface area (TPSA) is 9.23 Å². The van der Waals surface area contributed by atoms with Crippen molar-refractivity contribution < 1.29 is 9.13 Å². The highest BCUT2D eigenvalue weighted by atomic mass is 19.1. The van der Waals surface area contributed by atoms with Crippen LogP contribution in [0.25, 0.3) is 21.5 Å². The van der Waals surface area contributed by atoms with Gasteiger partial charge in [-0.2, -0.15) is 0 Å². The van der Waals surface area contributed by atoms with E-state index in [4.69, 9.17) is 4.74 Å². The van der Waals surface area contributed by atoms with Gasteiger partial charge in [-0.1, -0.05) is 54.6 Å². The van der Waals surface area contributed by atoms with Gasteiger partial charge in [-0.3, -0.25) is 0 Å². The zero-order chi connectivity index (χ0) is 17.5. The SMILES string of the molecule is Fc1cccc(OC2CCc3c(ccc4c3ccc3ccccc34)C2)c1. The Kier molecular flexibility index (Phi) is 3.63. The number of ether oxygens (including phenoxy) is 1. The first-order valence-corrected chi connectivity index (χ1v) is 9.12. The lowest BCUT2D eigenvalue weighted by Crippen LogP contribution is -2.25. The standard InChI is InChI=1S/C24H19FO/c25-18-5-3-6-19(15-18)26-20-10-13-22-17(14-20)9-12-23-21-7-2-1-4-16(21)8-11-24(22)23/h1-9,11-12,15,20H,10,13-14H2. The maximum absolute atomic E-state index is 13.4.